The molecule has 0 spiro atoms. The van der Waals surface area contributed by atoms with Crippen molar-refractivity contribution < 1.29 is 9.90 Å². The predicted molar refractivity (Wildman–Crippen MR) is 55.8 cm³/mol. The van der Waals surface area contributed by atoms with E-state index in [-0.39, 0.29) is 23.2 Å². The molecule has 2 rings (SSSR count). The Bertz CT molecular complexity index is 445. The van der Waals surface area contributed by atoms with Crippen LogP contribution in [-0.4, -0.2) is 23.4 Å². The highest BCUT2D eigenvalue weighted by atomic mass is 35.5. The first kappa shape index (κ1) is 9.79. The lowest BCUT2D eigenvalue weighted by Gasteiger charge is -2.15. The summed E-state index contributed by atoms with van der Waals surface area (Å²) >= 11 is 5.74. The summed E-state index contributed by atoms with van der Waals surface area (Å²) in [6, 6.07) is 4.70. The Hall–Kier alpha value is -1.75. The minimum atomic E-state index is -0.191. The van der Waals surface area contributed by atoms with Gasteiger partial charge in [-0.05, 0) is 18.2 Å². The monoisotopic (exact) mass is 225 g/mol. The molecule has 0 atom stereocenters. The van der Waals surface area contributed by atoms with Gasteiger partial charge in [-0.1, -0.05) is 11.6 Å². The first-order chi connectivity index (χ1) is 7.16. The van der Waals surface area contributed by atoms with Gasteiger partial charge >= 0.3 is 0 Å². The van der Waals surface area contributed by atoms with Crippen LogP contribution in [-0.2, 0) is 4.79 Å². The zero-order valence-electron chi connectivity index (χ0n) is 7.62. The number of carbonyl (C=O) groups is 1. The number of nitrogens with zero attached hydrogens (tertiary/aromatic N) is 1. The van der Waals surface area contributed by atoms with Crippen molar-refractivity contribution in [1.29, 1.82) is 0 Å². The summed E-state index contributed by atoms with van der Waals surface area (Å²) in [7, 11) is 0. The van der Waals surface area contributed by atoms with Crippen LogP contribution in [0.15, 0.2) is 23.2 Å². The summed E-state index contributed by atoms with van der Waals surface area (Å²) in [6.45, 7) is 0.0842. The standard InChI is InChI=1S/C9H8ClN3O2/c10-6-3-5(1-2-7(6)14)9-11-4-8(15)12-13-9/h1-3,14H,4H2,(H,11,13)(H,12,15). The lowest BCUT2D eigenvalue weighted by molar-refractivity contribution is -0.120. The maximum absolute atomic E-state index is 10.8. The van der Waals surface area contributed by atoms with Crippen LogP contribution in [0.3, 0.4) is 0 Å². The lowest BCUT2D eigenvalue weighted by Crippen LogP contribution is -2.47. The highest BCUT2D eigenvalue weighted by Crippen LogP contribution is 2.23. The number of amidine groups is 1. The van der Waals surface area contributed by atoms with E-state index < -0.39 is 0 Å². The van der Waals surface area contributed by atoms with Crippen LogP contribution in [0, 0.1) is 0 Å². The molecular weight excluding hydrogens is 218 g/mol. The Balaban J connectivity index is 2.30. The Morgan fingerprint density at radius 3 is 2.80 bits per heavy atom. The number of aliphatic imine (C=N–C) groups is 1. The summed E-state index contributed by atoms with van der Waals surface area (Å²) in [6.07, 6.45) is 0. The average molecular weight is 226 g/mol. The second-order valence-corrected chi connectivity index (χ2v) is 3.41. The van der Waals surface area contributed by atoms with Gasteiger partial charge < -0.3 is 5.11 Å². The smallest absolute Gasteiger partial charge is 0.260 e. The highest BCUT2D eigenvalue weighted by Gasteiger charge is 2.12. The second-order valence-electron chi connectivity index (χ2n) is 3.00. The molecule has 0 saturated heterocycles. The molecule has 1 aromatic rings. The number of phenols is 1. The molecule has 1 amide bonds. The molecule has 3 N–H and O–H groups in total. The lowest BCUT2D eigenvalue weighted by atomic mass is 10.2. The van der Waals surface area contributed by atoms with Gasteiger partial charge in [0.25, 0.3) is 5.91 Å². The van der Waals surface area contributed by atoms with Crippen molar-refractivity contribution >= 4 is 23.3 Å². The van der Waals surface area contributed by atoms with E-state index in [1.54, 1.807) is 12.1 Å². The van der Waals surface area contributed by atoms with Gasteiger partial charge in [0.2, 0.25) is 0 Å². The molecule has 0 saturated carbocycles. The topological polar surface area (TPSA) is 73.7 Å². The van der Waals surface area contributed by atoms with E-state index in [1.807, 2.05) is 0 Å². The fourth-order valence-corrected chi connectivity index (χ4v) is 1.36. The Morgan fingerprint density at radius 2 is 2.20 bits per heavy atom. The van der Waals surface area contributed by atoms with Crippen LogP contribution < -0.4 is 10.9 Å². The van der Waals surface area contributed by atoms with Gasteiger partial charge in [-0.3, -0.25) is 20.6 Å². The number of phenolic OH excluding ortho intramolecular Hbond substituents is 1. The summed E-state index contributed by atoms with van der Waals surface area (Å²) in [5.74, 6) is 0.348. The maximum Gasteiger partial charge on any atom is 0.260 e. The van der Waals surface area contributed by atoms with Gasteiger partial charge in [0.1, 0.15) is 18.1 Å². The van der Waals surface area contributed by atoms with Crippen LogP contribution in [0.5, 0.6) is 5.75 Å². The molecule has 0 radical (unpaired) electrons. The van der Waals surface area contributed by atoms with E-state index in [4.69, 9.17) is 11.6 Å². The Labute approximate surface area is 90.7 Å². The molecule has 0 aliphatic carbocycles. The van der Waals surface area contributed by atoms with E-state index >= 15 is 0 Å². The van der Waals surface area contributed by atoms with Gasteiger partial charge in [0, 0.05) is 5.56 Å². The number of hydrogen-bond acceptors (Lipinski definition) is 4. The largest absolute Gasteiger partial charge is 0.506 e. The number of hydrazine groups is 1. The summed E-state index contributed by atoms with van der Waals surface area (Å²) < 4.78 is 0. The fraction of sp³-hybridized carbons (Fsp3) is 0.111. The quantitative estimate of drug-likeness (QED) is 0.649. The number of halogens is 1. The third kappa shape index (κ3) is 2.02. The highest BCUT2D eigenvalue weighted by molar-refractivity contribution is 6.32. The van der Waals surface area contributed by atoms with Crippen LogP contribution in [0.25, 0.3) is 0 Å². The first-order valence-corrected chi connectivity index (χ1v) is 4.63. The minimum Gasteiger partial charge on any atom is -0.506 e. The summed E-state index contributed by atoms with van der Waals surface area (Å²) in [4.78, 5) is 14.8. The van der Waals surface area contributed by atoms with E-state index in [1.165, 1.54) is 6.07 Å². The third-order valence-corrected chi connectivity index (χ3v) is 2.22. The molecule has 0 fully saturated rings. The predicted octanol–water partition coefficient (Wildman–Crippen LogP) is 0.427. The number of benzene rings is 1. The number of carbonyl (C=O) groups excluding carboxylic acids is 1. The van der Waals surface area contributed by atoms with Crippen LogP contribution in [0.1, 0.15) is 5.56 Å². The molecule has 15 heavy (non-hydrogen) atoms. The minimum absolute atomic E-state index is 0.0147. The summed E-state index contributed by atoms with van der Waals surface area (Å²) in [5.41, 5.74) is 5.79. The SMILES string of the molecule is O=C1CN=C(c2ccc(O)c(Cl)c2)NN1. The normalized spacial score (nSPS) is 15.3. The molecule has 5 nitrogen and oxygen atoms in total. The van der Waals surface area contributed by atoms with Crippen molar-refractivity contribution in [3.05, 3.63) is 28.8 Å². The van der Waals surface area contributed by atoms with E-state index in [0.29, 0.717) is 11.4 Å². The molecule has 78 valence electrons. The molecular formula is C9H8ClN3O2. The van der Waals surface area contributed by atoms with Gasteiger partial charge in [-0.2, -0.15) is 0 Å². The number of nitrogens with one attached hydrogen (secondary N) is 2. The van der Waals surface area contributed by atoms with Crippen molar-refractivity contribution in [2.75, 3.05) is 6.54 Å². The van der Waals surface area contributed by atoms with E-state index in [2.05, 4.69) is 15.8 Å². The molecule has 1 aliphatic rings. The Kier molecular flexibility index (Phi) is 2.47. The number of rotatable bonds is 1. The zero-order chi connectivity index (χ0) is 10.8. The van der Waals surface area contributed by atoms with Crippen molar-refractivity contribution in [2.45, 2.75) is 0 Å². The van der Waals surface area contributed by atoms with Gasteiger partial charge in [0.05, 0.1) is 5.02 Å². The van der Waals surface area contributed by atoms with Crippen LogP contribution in [0.4, 0.5) is 0 Å². The maximum atomic E-state index is 10.8. The van der Waals surface area contributed by atoms with Gasteiger partial charge in [-0.15, -0.1) is 0 Å². The molecule has 6 heteroatoms. The summed E-state index contributed by atoms with van der Waals surface area (Å²) in [5, 5.41) is 9.47. The van der Waals surface area contributed by atoms with Gasteiger partial charge in [-0.25, -0.2) is 0 Å². The van der Waals surface area contributed by atoms with Crippen molar-refractivity contribution in [3.63, 3.8) is 0 Å². The van der Waals surface area contributed by atoms with Crippen molar-refractivity contribution in [2.24, 2.45) is 4.99 Å². The fourth-order valence-electron chi connectivity index (χ4n) is 1.18. The van der Waals surface area contributed by atoms with Gasteiger partial charge in [0.15, 0.2) is 0 Å². The molecule has 0 bridgehead atoms. The molecule has 1 heterocycles. The van der Waals surface area contributed by atoms with Crippen LogP contribution in [0.2, 0.25) is 5.02 Å². The first-order valence-electron chi connectivity index (χ1n) is 4.25. The number of amides is 1. The number of aromatic hydroxyl groups is 1. The molecule has 0 unspecified atom stereocenters. The molecule has 1 aliphatic heterocycles. The Morgan fingerprint density at radius 1 is 1.40 bits per heavy atom. The number of hydrogen-bond donors (Lipinski definition) is 3. The van der Waals surface area contributed by atoms with Crippen LogP contribution >= 0.6 is 11.6 Å². The van der Waals surface area contributed by atoms with Crippen molar-refractivity contribution in [1.82, 2.24) is 10.9 Å². The zero-order valence-corrected chi connectivity index (χ0v) is 8.38. The molecule has 1 aromatic carbocycles. The van der Waals surface area contributed by atoms with E-state index in [0.717, 1.165) is 0 Å². The second kappa shape index (κ2) is 3.78. The molecule has 0 aromatic heterocycles. The average Bonchev–Trinajstić information content (AvgIpc) is 2.23. The van der Waals surface area contributed by atoms with Crippen molar-refractivity contribution in [3.8, 4) is 5.75 Å². The van der Waals surface area contributed by atoms with E-state index in [9.17, 15) is 9.90 Å². The third-order valence-electron chi connectivity index (χ3n) is 1.92.